The second-order valence-corrected chi connectivity index (χ2v) is 2.32. The maximum atomic E-state index is 8.42. The number of aryl methyl sites for hydroxylation is 1. The highest BCUT2D eigenvalue weighted by atomic mass is 16.3. The Morgan fingerprint density at radius 2 is 2.36 bits per heavy atom. The van der Waals surface area contributed by atoms with E-state index in [2.05, 4.69) is 0 Å². The van der Waals surface area contributed by atoms with Crippen LogP contribution in [-0.4, -0.2) is 11.7 Å². The lowest BCUT2D eigenvalue weighted by Gasteiger charge is -1.88. The second kappa shape index (κ2) is 4.74. The SMILES string of the molecule is OC/C=C/CCc1ccoc1. The molecular weight excluding hydrogens is 140 g/mol. The fourth-order valence-corrected chi connectivity index (χ4v) is 0.877. The predicted octanol–water partition coefficient (Wildman–Crippen LogP) is 1.76. The summed E-state index contributed by atoms with van der Waals surface area (Å²) in [5.41, 5.74) is 1.20. The molecule has 11 heavy (non-hydrogen) atoms. The van der Waals surface area contributed by atoms with Crippen LogP contribution in [0.4, 0.5) is 0 Å². The molecule has 0 saturated carbocycles. The van der Waals surface area contributed by atoms with Crippen molar-refractivity contribution in [2.75, 3.05) is 6.61 Å². The Labute approximate surface area is 66.2 Å². The maximum absolute atomic E-state index is 8.42. The third-order valence-corrected chi connectivity index (χ3v) is 1.45. The van der Waals surface area contributed by atoms with E-state index in [9.17, 15) is 0 Å². The number of aliphatic hydroxyl groups is 1. The molecule has 0 aliphatic rings. The Morgan fingerprint density at radius 3 is 3.00 bits per heavy atom. The summed E-state index contributed by atoms with van der Waals surface area (Å²) in [4.78, 5) is 0. The quantitative estimate of drug-likeness (QED) is 0.667. The van der Waals surface area contributed by atoms with Gasteiger partial charge in [0.1, 0.15) is 0 Å². The molecule has 1 N–H and O–H groups in total. The molecule has 0 bridgehead atoms. The van der Waals surface area contributed by atoms with Gasteiger partial charge < -0.3 is 9.52 Å². The van der Waals surface area contributed by atoms with E-state index in [1.54, 1.807) is 18.6 Å². The molecule has 0 aliphatic carbocycles. The molecule has 2 nitrogen and oxygen atoms in total. The molecule has 1 heterocycles. The Morgan fingerprint density at radius 1 is 1.45 bits per heavy atom. The third-order valence-electron chi connectivity index (χ3n) is 1.45. The first-order valence-corrected chi connectivity index (χ1v) is 3.70. The van der Waals surface area contributed by atoms with E-state index in [1.807, 2.05) is 12.1 Å². The van der Waals surface area contributed by atoms with Gasteiger partial charge in [0, 0.05) is 0 Å². The lowest BCUT2D eigenvalue weighted by atomic mass is 10.2. The zero-order chi connectivity index (χ0) is 7.94. The lowest BCUT2D eigenvalue weighted by molar-refractivity contribution is 0.342. The molecular formula is C9H12O2. The van der Waals surface area contributed by atoms with Crippen LogP contribution in [0.1, 0.15) is 12.0 Å². The molecule has 0 saturated heterocycles. The Balaban J connectivity index is 2.19. The highest BCUT2D eigenvalue weighted by molar-refractivity contribution is 5.06. The van der Waals surface area contributed by atoms with Crippen molar-refractivity contribution < 1.29 is 9.52 Å². The summed E-state index contributed by atoms with van der Waals surface area (Å²) < 4.78 is 4.90. The minimum atomic E-state index is 0.130. The van der Waals surface area contributed by atoms with Crippen LogP contribution in [-0.2, 0) is 6.42 Å². The van der Waals surface area contributed by atoms with Gasteiger partial charge in [-0.2, -0.15) is 0 Å². The van der Waals surface area contributed by atoms with Gasteiger partial charge in [-0.05, 0) is 24.5 Å². The number of furan rings is 1. The first-order chi connectivity index (χ1) is 5.43. The summed E-state index contributed by atoms with van der Waals surface area (Å²) in [7, 11) is 0. The fourth-order valence-electron chi connectivity index (χ4n) is 0.877. The van der Waals surface area contributed by atoms with Crippen molar-refractivity contribution in [1.29, 1.82) is 0 Å². The maximum Gasteiger partial charge on any atom is 0.0934 e. The van der Waals surface area contributed by atoms with Crippen LogP contribution >= 0.6 is 0 Å². The van der Waals surface area contributed by atoms with Gasteiger partial charge in [0.2, 0.25) is 0 Å². The average Bonchev–Trinajstić information content (AvgIpc) is 2.50. The first-order valence-electron chi connectivity index (χ1n) is 3.70. The number of allylic oxidation sites excluding steroid dienone is 1. The summed E-state index contributed by atoms with van der Waals surface area (Å²) in [5.74, 6) is 0. The molecule has 0 aromatic carbocycles. The monoisotopic (exact) mass is 152 g/mol. The van der Waals surface area contributed by atoms with Crippen molar-refractivity contribution in [1.82, 2.24) is 0 Å². The van der Waals surface area contributed by atoms with Crippen molar-refractivity contribution >= 4 is 0 Å². The van der Waals surface area contributed by atoms with Gasteiger partial charge in [-0.3, -0.25) is 0 Å². The minimum Gasteiger partial charge on any atom is -0.472 e. The number of hydrogen-bond acceptors (Lipinski definition) is 2. The molecule has 0 fully saturated rings. The van der Waals surface area contributed by atoms with Crippen molar-refractivity contribution in [3.63, 3.8) is 0 Å². The van der Waals surface area contributed by atoms with Gasteiger partial charge in [0.15, 0.2) is 0 Å². The van der Waals surface area contributed by atoms with Gasteiger partial charge in [0.25, 0.3) is 0 Å². The van der Waals surface area contributed by atoms with Crippen molar-refractivity contribution in [3.05, 3.63) is 36.3 Å². The molecule has 1 rings (SSSR count). The van der Waals surface area contributed by atoms with Crippen molar-refractivity contribution in [2.45, 2.75) is 12.8 Å². The van der Waals surface area contributed by atoms with Crippen LogP contribution in [0.2, 0.25) is 0 Å². The molecule has 0 spiro atoms. The number of aliphatic hydroxyl groups excluding tert-OH is 1. The average molecular weight is 152 g/mol. The van der Waals surface area contributed by atoms with Gasteiger partial charge in [-0.15, -0.1) is 0 Å². The van der Waals surface area contributed by atoms with E-state index in [0.717, 1.165) is 12.8 Å². The number of rotatable bonds is 4. The van der Waals surface area contributed by atoms with Gasteiger partial charge in [-0.1, -0.05) is 12.2 Å². The largest absolute Gasteiger partial charge is 0.472 e. The smallest absolute Gasteiger partial charge is 0.0934 e. The molecule has 0 amide bonds. The highest BCUT2D eigenvalue weighted by Gasteiger charge is 1.89. The van der Waals surface area contributed by atoms with Crippen LogP contribution in [0.3, 0.4) is 0 Å². The topological polar surface area (TPSA) is 33.4 Å². The molecule has 60 valence electrons. The summed E-state index contributed by atoms with van der Waals surface area (Å²) in [6.07, 6.45) is 9.07. The third kappa shape index (κ3) is 3.05. The molecule has 1 aromatic heterocycles. The van der Waals surface area contributed by atoms with Crippen LogP contribution < -0.4 is 0 Å². The van der Waals surface area contributed by atoms with E-state index < -0.39 is 0 Å². The zero-order valence-corrected chi connectivity index (χ0v) is 6.36. The van der Waals surface area contributed by atoms with Gasteiger partial charge in [-0.25, -0.2) is 0 Å². The molecule has 1 aromatic rings. The predicted molar refractivity (Wildman–Crippen MR) is 43.3 cm³/mol. The van der Waals surface area contributed by atoms with Crippen LogP contribution in [0.25, 0.3) is 0 Å². The normalized spacial score (nSPS) is 11.0. The number of hydrogen-bond donors (Lipinski definition) is 1. The van der Waals surface area contributed by atoms with E-state index in [0.29, 0.717) is 0 Å². The van der Waals surface area contributed by atoms with Gasteiger partial charge >= 0.3 is 0 Å². The zero-order valence-electron chi connectivity index (χ0n) is 6.36. The van der Waals surface area contributed by atoms with Crippen molar-refractivity contribution in [3.8, 4) is 0 Å². The van der Waals surface area contributed by atoms with E-state index in [-0.39, 0.29) is 6.61 Å². The highest BCUT2D eigenvalue weighted by Crippen LogP contribution is 2.03. The van der Waals surface area contributed by atoms with Crippen LogP contribution in [0, 0.1) is 0 Å². The summed E-state index contributed by atoms with van der Waals surface area (Å²) in [6.45, 7) is 0.130. The Kier molecular flexibility index (Phi) is 3.48. The summed E-state index contributed by atoms with van der Waals surface area (Å²) in [6, 6.07) is 1.95. The Hall–Kier alpha value is -1.02. The van der Waals surface area contributed by atoms with Crippen LogP contribution in [0.15, 0.2) is 35.2 Å². The standard InChI is InChI=1S/C9H12O2/c10-6-3-1-2-4-9-5-7-11-8-9/h1,3,5,7-8,10H,2,4,6H2/b3-1+. The first kappa shape index (κ1) is 8.08. The molecule has 0 unspecified atom stereocenters. The van der Waals surface area contributed by atoms with E-state index in [1.165, 1.54) is 5.56 Å². The second-order valence-electron chi connectivity index (χ2n) is 2.32. The summed E-state index contributed by atoms with van der Waals surface area (Å²) in [5, 5.41) is 8.42. The molecule has 0 radical (unpaired) electrons. The lowest BCUT2D eigenvalue weighted by Crippen LogP contribution is -1.78. The minimum absolute atomic E-state index is 0.130. The van der Waals surface area contributed by atoms with Gasteiger partial charge in [0.05, 0.1) is 19.1 Å². The Bertz CT molecular complexity index is 199. The van der Waals surface area contributed by atoms with E-state index >= 15 is 0 Å². The summed E-state index contributed by atoms with van der Waals surface area (Å²) >= 11 is 0. The van der Waals surface area contributed by atoms with Crippen LogP contribution in [0.5, 0.6) is 0 Å². The fraction of sp³-hybridized carbons (Fsp3) is 0.333. The molecule has 2 heteroatoms. The van der Waals surface area contributed by atoms with Crippen molar-refractivity contribution in [2.24, 2.45) is 0 Å². The van der Waals surface area contributed by atoms with E-state index in [4.69, 9.17) is 9.52 Å². The molecule has 0 aliphatic heterocycles. The molecule has 0 atom stereocenters.